The van der Waals surface area contributed by atoms with Crippen LogP contribution in [-0.4, -0.2) is 12.8 Å². The van der Waals surface area contributed by atoms with Gasteiger partial charge >= 0.3 is 0 Å². The second-order valence-electron chi connectivity index (χ2n) is 3.30. The van der Waals surface area contributed by atoms with Crippen molar-refractivity contribution in [2.45, 2.75) is 33.6 Å². The summed E-state index contributed by atoms with van der Waals surface area (Å²) in [5.41, 5.74) is 8.00. The molecule has 0 bridgehead atoms. The van der Waals surface area contributed by atoms with E-state index in [1.807, 2.05) is 32.2 Å². The van der Waals surface area contributed by atoms with E-state index in [0.29, 0.717) is 6.54 Å². The number of hydrogen-bond donors (Lipinski definition) is 1. The van der Waals surface area contributed by atoms with Crippen LogP contribution in [0.4, 0.5) is 0 Å². The van der Waals surface area contributed by atoms with Gasteiger partial charge in [-0.05, 0) is 31.4 Å². The molecule has 0 radical (unpaired) electrons. The van der Waals surface area contributed by atoms with Crippen molar-refractivity contribution in [3.05, 3.63) is 35.6 Å². The van der Waals surface area contributed by atoms with Crippen LogP contribution in [0, 0.1) is 0 Å². The van der Waals surface area contributed by atoms with Crippen LogP contribution in [0.25, 0.3) is 0 Å². The minimum absolute atomic E-state index is 0.584. The highest BCUT2D eigenvalue weighted by atomic mass is 14.7. The van der Waals surface area contributed by atoms with Crippen LogP contribution in [0.5, 0.6) is 0 Å². The van der Waals surface area contributed by atoms with Gasteiger partial charge in [0.15, 0.2) is 0 Å². The molecule has 15 heavy (non-hydrogen) atoms. The zero-order valence-electron chi connectivity index (χ0n) is 10.0. The van der Waals surface area contributed by atoms with Crippen LogP contribution >= 0.6 is 0 Å². The first kappa shape index (κ1) is 13.8. The van der Waals surface area contributed by atoms with Gasteiger partial charge in [-0.1, -0.05) is 31.6 Å². The van der Waals surface area contributed by atoms with Crippen molar-refractivity contribution in [3.8, 4) is 0 Å². The highest BCUT2D eigenvalue weighted by molar-refractivity contribution is 5.79. The predicted octanol–water partition coefficient (Wildman–Crippen LogP) is 3.22. The molecule has 0 aromatic heterocycles. The average Bonchev–Trinajstić information content (AvgIpc) is 2.26. The molecule has 0 heterocycles. The Kier molecular flexibility index (Phi) is 8.69. The predicted molar refractivity (Wildman–Crippen MR) is 69.1 cm³/mol. The fraction of sp³-hybridized carbons (Fsp3) is 0.462. The lowest BCUT2D eigenvalue weighted by molar-refractivity contribution is 0.936. The summed E-state index contributed by atoms with van der Waals surface area (Å²) in [7, 11) is 0. The van der Waals surface area contributed by atoms with Crippen LogP contribution in [-0.2, 0) is 0 Å². The Hall–Kier alpha value is -1.15. The fourth-order valence-electron chi connectivity index (χ4n) is 1.19. The Balaban J connectivity index is 4.63. The number of hydrogen-bond acceptors (Lipinski definition) is 2. The molecule has 0 spiro atoms. The molecule has 2 heteroatoms. The lowest BCUT2D eigenvalue weighted by atomic mass is 10.1. The zero-order valence-corrected chi connectivity index (χ0v) is 10.0. The number of aliphatic imine (C=N–C) groups is 1. The molecular weight excluding hydrogens is 184 g/mol. The number of rotatable bonds is 6. The van der Waals surface area contributed by atoms with Crippen molar-refractivity contribution in [2.75, 3.05) is 6.54 Å². The second-order valence-corrected chi connectivity index (χ2v) is 3.30. The van der Waals surface area contributed by atoms with Crippen LogP contribution in [0.15, 0.2) is 40.6 Å². The first-order valence-corrected chi connectivity index (χ1v) is 5.48. The molecule has 0 fully saturated rings. The van der Waals surface area contributed by atoms with Crippen LogP contribution in [0.1, 0.15) is 33.6 Å². The quantitative estimate of drug-likeness (QED) is 0.526. The Labute approximate surface area is 93.3 Å². The maximum atomic E-state index is 5.61. The Morgan fingerprint density at radius 1 is 1.27 bits per heavy atom. The second kappa shape index (κ2) is 9.41. The van der Waals surface area contributed by atoms with Crippen molar-refractivity contribution >= 4 is 6.21 Å². The normalized spacial score (nSPS) is 14.4. The van der Waals surface area contributed by atoms with Gasteiger partial charge in [-0.25, -0.2) is 0 Å². The van der Waals surface area contributed by atoms with Crippen LogP contribution in [0.3, 0.4) is 0 Å². The van der Waals surface area contributed by atoms with Crippen molar-refractivity contribution in [2.24, 2.45) is 10.7 Å². The maximum Gasteiger partial charge on any atom is 0.0299 e. The molecule has 84 valence electrons. The van der Waals surface area contributed by atoms with Crippen molar-refractivity contribution in [1.29, 1.82) is 0 Å². The summed E-state index contributed by atoms with van der Waals surface area (Å²) in [6, 6.07) is 0. The molecule has 0 saturated carbocycles. The Morgan fingerprint density at radius 2 is 2.00 bits per heavy atom. The third kappa shape index (κ3) is 6.86. The zero-order chi connectivity index (χ0) is 11.5. The van der Waals surface area contributed by atoms with Crippen molar-refractivity contribution in [1.82, 2.24) is 0 Å². The molecule has 0 rings (SSSR count). The lowest BCUT2D eigenvalue weighted by Gasteiger charge is -2.01. The lowest BCUT2D eigenvalue weighted by Crippen LogP contribution is -2.01. The standard InChI is InChI=1S/C13H22N2/c1-4-7-13(11-15-8-5-2)9-12(6-3)10-14/h5-6,8-9,11H,4,7,10,14H2,1-3H3/b8-5-,12-6+,13-9+,15-11+. The van der Waals surface area contributed by atoms with Crippen molar-refractivity contribution < 1.29 is 0 Å². The van der Waals surface area contributed by atoms with E-state index in [1.54, 1.807) is 6.20 Å². The Bertz CT molecular complexity index is 270. The summed E-state index contributed by atoms with van der Waals surface area (Å²) in [4.78, 5) is 4.19. The van der Waals surface area contributed by atoms with Crippen LogP contribution in [0.2, 0.25) is 0 Å². The summed E-state index contributed by atoms with van der Waals surface area (Å²) < 4.78 is 0. The van der Waals surface area contributed by atoms with Gasteiger partial charge < -0.3 is 5.73 Å². The summed E-state index contributed by atoms with van der Waals surface area (Å²) in [6.07, 6.45) is 11.9. The van der Waals surface area contributed by atoms with Crippen LogP contribution < -0.4 is 5.73 Å². The SMILES string of the molecule is C\C=C/N=C/C(=C/C(=C\C)CN)CCC. The third-order valence-corrected chi connectivity index (χ3v) is 1.99. The molecule has 0 aliphatic carbocycles. The van der Waals surface area contributed by atoms with Gasteiger partial charge in [0.1, 0.15) is 0 Å². The van der Waals surface area contributed by atoms with Gasteiger partial charge in [0.2, 0.25) is 0 Å². The van der Waals surface area contributed by atoms with E-state index in [-0.39, 0.29) is 0 Å². The molecule has 0 aliphatic heterocycles. The average molecular weight is 206 g/mol. The molecule has 0 atom stereocenters. The molecule has 0 aliphatic rings. The molecular formula is C13H22N2. The van der Waals surface area contributed by atoms with Gasteiger partial charge in [-0.3, -0.25) is 4.99 Å². The van der Waals surface area contributed by atoms with Gasteiger partial charge in [0.25, 0.3) is 0 Å². The molecule has 0 saturated heterocycles. The van der Waals surface area contributed by atoms with E-state index < -0.39 is 0 Å². The van der Waals surface area contributed by atoms with Gasteiger partial charge in [0, 0.05) is 19.0 Å². The van der Waals surface area contributed by atoms with E-state index in [1.165, 1.54) is 5.57 Å². The molecule has 0 aromatic carbocycles. The first-order chi connectivity index (χ1) is 7.28. The summed E-state index contributed by atoms with van der Waals surface area (Å²) in [6.45, 7) is 6.71. The van der Waals surface area contributed by atoms with Gasteiger partial charge in [-0.2, -0.15) is 0 Å². The highest BCUT2D eigenvalue weighted by Crippen LogP contribution is 2.06. The smallest absolute Gasteiger partial charge is 0.0299 e. The molecule has 2 nitrogen and oxygen atoms in total. The number of nitrogens with two attached hydrogens (primary N) is 1. The Morgan fingerprint density at radius 3 is 2.47 bits per heavy atom. The monoisotopic (exact) mass is 206 g/mol. The minimum atomic E-state index is 0.584. The van der Waals surface area contributed by atoms with Gasteiger partial charge in [0.05, 0.1) is 0 Å². The fourth-order valence-corrected chi connectivity index (χ4v) is 1.19. The van der Waals surface area contributed by atoms with E-state index in [4.69, 9.17) is 5.73 Å². The molecule has 2 N–H and O–H groups in total. The largest absolute Gasteiger partial charge is 0.327 e. The minimum Gasteiger partial charge on any atom is -0.327 e. The number of allylic oxidation sites excluding steroid dienone is 3. The van der Waals surface area contributed by atoms with E-state index in [9.17, 15) is 0 Å². The van der Waals surface area contributed by atoms with Crippen molar-refractivity contribution in [3.63, 3.8) is 0 Å². The summed E-state index contributed by atoms with van der Waals surface area (Å²) in [5.74, 6) is 0. The molecule has 0 aromatic rings. The van der Waals surface area contributed by atoms with Gasteiger partial charge in [-0.15, -0.1) is 0 Å². The first-order valence-electron chi connectivity index (χ1n) is 5.48. The third-order valence-electron chi connectivity index (χ3n) is 1.99. The van der Waals surface area contributed by atoms with E-state index in [2.05, 4.69) is 18.0 Å². The topological polar surface area (TPSA) is 38.4 Å². The summed E-state index contributed by atoms with van der Waals surface area (Å²) >= 11 is 0. The van der Waals surface area contributed by atoms with E-state index >= 15 is 0 Å². The highest BCUT2D eigenvalue weighted by Gasteiger charge is 1.93. The number of nitrogens with zero attached hydrogens (tertiary/aromatic N) is 1. The molecule has 0 amide bonds. The van der Waals surface area contributed by atoms with E-state index in [0.717, 1.165) is 18.4 Å². The maximum absolute atomic E-state index is 5.61. The molecule has 0 unspecified atom stereocenters. The summed E-state index contributed by atoms with van der Waals surface area (Å²) in [5, 5.41) is 0.